The Bertz CT molecular complexity index is 998. The predicted molar refractivity (Wildman–Crippen MR) is 105 cm³/mol. The molecule has 3 rings (SSSR count). The minimum absolute atomic E-state index is 0. The molecule has 0 aliphatic carbocycles. The van der Waals surface area contributed by atoms with E-state index in [1.54, 1.807) is 29.2 Å². The maximum Gasteiger partial charge on any atom is 1.00 e. The normalized spacial score (nSPS) is 10.0. The second-order valence-electron chi connectivity index (χ2n) is 6.15. The number of rotatable bonds is 9. The van der Waals surface area contributed by atoms with E-state index in [2.05, 4.69) is 10.3 Å². The largest absolute Gasteiger partial charge is 1.00 e. The summed E-state index contributed by atoms with van der Waals surface area (Å²) in [6.07, 6.45) is 0.672. The van der Waals surface area contributed by atoms with Crippen LogP contribution in [0.3, 0.4) is 0 Å². The number of carboxylic acid groups (broad SMARTS) is 1. The Morgan fingerprint density at radius 1 is 1.17 bits per heavy atom. The molecule has 0 bridgehead atoms. The molecule has 0 fully saturated rings. The molecule has 0 spiro atoms. The molecule has 0 aliphatic rings. The van der Waals surface area contributed by atoms with E-state index in [0.717, 1.165) is 5.69 Å². The Morgan fingerprint density at radius 3 is 2.50 bits per heavy atom. The number of benzene rings is 2. The fourth-order valence-electron chi connectivity index (χ4n) is 2.81. The van der Waals surface area contributed by atoms with E-state index >= 15 is 0 Å². The summed E-state index contributed by atoms with van der Waals surface area (Å²) in [6.45, 7) is 0.850. The maximum absolute atomic E-state index is 11.2. The second-order valence-corrected chi connectivity index (χ2v) is 6.50. The minimum atomic E-state index is -1.18. The molecule has 8 nitrogen and oxygen atoms in total. The van der Waals surface area contributed by atoms with Gasteiger partial charge in [0.25, 0.3) is 0 Å². The monoisotopic (exact) mass is 444 g/mol. The molecule has 1 amide bonds. The molecule has 0 aliphatic heterocycles. The summed E-state index contributed by atoms with van der Waals surface area (Å²) in [4.78, 5) is 28.0. The van der Waals surface area contributed by atoms with E-state index in [9.17, 15) is 14.7 Å². The second kappa shape index (κ2) is 12.5. The number of primary amides is 1. The van der Waals surface area contributed by atoms with Gasteiger partial charge in [0, 0.05) is 36.1 Å². The van der Waals surface area contributed by atoms with Crippen LogP contribution < -0.4 is 80.2 Å². The van der Waals surface area contributed by atoms with Gasteiger partial charge in [-0.2, -0.15) is 0 Å². The molecule has 146 valence electrons. The first-order valence-electron chi connectivity index (χ1n) is 8.58. The first kappa shape index (κ1) is 26.7. The summed E-state index contributed by atoms with van der Waals surface area (Å²) in [7, 11) is 0. The van der Waals surface area contributed by atoms with Crippen molar-refractivity contribution in [3.05, 3.63) is 48.0 Å². The Balaban J connectivity index is 0.00000225. The molecule has 0 saturated carbocycles. The molecule has 3 aromatic rings. The number of oxazole rings is 1. The van der Waals surface area contributed by atoms with Crippen LogP contribution in [0.2, 0.25) is 0 Å². The van der Waals surface area contributed by atoms with Crippen LogP contribution in [-0.4, -0.2) is 36.5 Å². The van der Waals surface area contributed by atoms with Gasteiger partial charge >= 0.3 is 59.1 Å². The van der Waals surface area contributed by atoms with Crippen molar-refractivity contribution in [1.82, 2.24) is 4.98 Å². The molecule has 0 atom stereocenters. The van der Waals surface area contributed by atoms with Gasteiger partial charge in [-0.15, -0.1) is 0 Å². The summed E-state index contributed by atoms with van der Waals surface area (Å²) >= 11 is 4.91. The summed E-state index contributed by atoms with van der Waals surface area (Å²) in [5.74, 6) is -1.71. The van der Waals surface area contributed by atoms with E-state index in [4.69, 9.17) is 22.8 Å². The summed E-state index contributed by atoms with van der Waals surface area (Å²) in [5.41, 5.74) is 8.44. The Hall–Kier alpha value is -1.33. The van der Waals surface area contributed by atoms with Gasteiger partial charge in [0.05, 0.1) is 17.7 Å². The number of carbonyl (C=O) groups is 2. The number of hydrogen-bond acceptors (Lipinski definition) is 8. The van der Waals surface area contributed by atoms with Crippen molar-refractivity contribution in [2.75, 3.05) is 29.9 Å². The third-order valence-electron chi connectivity index (χ3n) is 4.14. The molecular formula is C19H18N4Na2O4S. The first-order chi connectivity index (χ1) is 13.4. The van der Waals surface area contributed by atoms with E-state index < -0.39 is 11.9 Å². The van der Waals surface area contributed by atoms with Crippen LogP contribution in [0.1, 0.15) is 16.8 Å². The number of nitrogens with zero attached hydrogens (tertiary/aromatic N) is 2. The topological polar surface area (TPSA) is 125 Å². The maximum atomic E-state index is 11.2. The standard InChI is InChI=1S/C19H20N4O4S.2Na/c20-18(26)12-2-5-14(6-3-12)23(11-17(24)25)9-1-8-21-13-4-7-15-16(10-13)27-19(28)22-15;;/h2-7,10,21H,1,8-9,11H2,(H2,20,26)(H,22,28)(H,24,25);;/q;2*+1/p-2. The van der Waals surface area contributed by atoms with Gasteiger partial charge in [-0.05, 0) is 42.8 Å². The van der Waals surface area contributed by atoms with E-state index in [1.165, 1.54) is 0 Å². The van der Waals surface area contributed by atoms with Crippen molar-refractivity contribution in [2.45, 2.75) is 11.6 Å². The van der Waals surface area contributed by atoms with Crippen LogP contribution in [0.25, 0.3) is 11.1 Å². The molecule has 1 aromatic heterocycles. The number of fused-ring (bicyclic) bond motifs is 1. The number of nitrogens with one attached hydrogen (secondary N) is 1. The van der Waals surface area contributed by atoms with Crippen molar-refractivity contribution in [3.8, 4) is 0 Å². The van der Waals surface area contributed by atoms with Crippen LogP contribution in [0.5, 0.6) is 0 Å². The molecular weight excluding hydrogens is 426 g/mol. The molecule has 0 radical (unpaired) electrons. The Labute approximate surface area is 223 Å². The van der Waals surface area contributed by atoms with Crippen molar-refractivity contribution in [3.63, 3.8) is 0 Å². The average Bonchev–Trinajstić information content (AvgIpc) is 3.03. The summed E-state index contributed by atoms with van der Waals surface area (Å²) < 4.78 is 5.33. The predicted octanol–water partition coefficient (Wildman–Crippen LogP) is -5.10. The quantitative estimate of drug-likeness (QED) is 0.191. The van der Waals surface area contributed by atoms with Gasteiger partial charge in [-0.1, -0.05) is 0 Å². The van der Waals surface area contributed by atoms with Gasteiger partial charge in [0.1, 0.15) is 5.52 Å². The number of nitrogens with two attached hydrogens (primary N) is 1. The fourth-order valence-corrected chi connectivity index (χ4v) is 3.00. The molecule has 2 aromatic carbocycles. The summed E-state index contributed by atoms with van der Waals surface area (Å²) in [5, 5.41) is 14.5. The van der Waals surface area contributed by atoms with E-state index in [-0.39, 0.29) is 70.9 Å². The van der Waals surface area contributed by atoms with Gasteiger partial charge < -0.3 is 42.9 Å². The first-order valence-corrected chi connectivity index (χ1v) is 8.99. The smallest absolute Gasteiger partial charge is 0.721 e. The summed E-state index contributed by atoms with van der Waals surface area (Å²) in [6, 6.07) is 12.0. The third-order valence-corrected chi connectivity index (χ3v) is 4.31. The minimum Gasteiger partial charge on any atom is -0.721 e. The molecule has 11 heteroatoms. The Morgan fingerprint density at radius 2 is 1.87 bits per heavy atom. The Kier molecular flexibility index (Phi) is 11.1. The molecule has 0 saturated heterocycles. The van der Waals surface area contributed by atoms with Crippen molar-refractivity contribution >= 4 is 47.0 Å². The molecule has 3 N–H and O–H groups in total. The zero-order valence-electron chi connectivity index (χ0n) is 16.9. The van der Waals surface area contributed by atoms with Crippen LogP contribution in [0.15, 0.2) is 52.1 Å². The third kappa shape index (κ3) is 7.42. The van der Waals surface area contributed by atoms with Gasteiger partial charge in [-0.3, -0.25) is 4.79 Å². The van der Waals surface area contributed by atoms with Crippen LogP contribution in [0, 0.1) is 0 Å². The number of anilines is 2. The number of aromatic nitrogens is 1. The molecule has 1 heterocycles. The average molecular weight is 444 g/mol. The SMILES string of the molecule is NC(=O)c1ccc(N(CCCNc2ccc3nc([S-])oc3c2)CC(=O)[O-])cc1.[Na+].[Na+]. The van der Waals surface area contributed by atoms with E-state index in [0.29, 0.717) is 41.9 Å². The number of carboxylic acids is 1. The number of hydrogen-bond donors (Lipinski definition) is 2. The number of carbonyl (C=O) groups excluding carboxylic acids is 2. The number of aliphatic carboxylic acids is 1. The van der Waals surface area contributed by atoms with Gasteiger partial charge in [0.2, 0.25) is 5.91 Å². The molecule has 30 heavy (non-hydrogen) atoms. The molecule has 0 unspecified atom stereocenters. The zero-order valence-corrected chi connectivity index (χ0v) is 21.7. The fraction of sp³-hybridized carbons (Fsp3) is 0.211. The van der Waals surface area contributed by atoms with Crippen molar-refractivity contribution in [1.29, 1.82) is 0 Å². The van der Waals surface area contributed by atoms with Gasteiger partial charge in [0.15, 0.2) is 5.58 Å². The number of amides is 1. The van der Waals surface area contributed by atoms with Crippen LogP contribution in [0.4, 0.5) is 11.4 Å². The van der Waals surface area contributed by atoms with Crippen LogP contribution in [-0.2, 0) is 17.4 Å². The van der Waals surface area contributed by atoms with Crippen LogP contribution >= 0.6 is 0 Å². The van der Waals surface area contributed by atoms with E-state index in [1.807, 2.05) is 18.2 Å². The van der Waals surface area contributed by atoms with Crippen molar-refractivity contribution < 1.29 is 78.2 Å². The zero-order chi connectivity index (χ0) is 20.1. The van der Waals surface area contributed by atoms with Crippen molar-refractivity contribution in [2.24, 2.45) is 5.73 Å². The van der Waals surface area contributed by atoms with Gasteiger partial charge in [-0.25, -0.2) is 4.98 Å².